The number of fused-ring (bicyclic) bond motifs is 1. The zero-order chi connectivity index (χ0) is 14.1. The monoisotopic (exact) mass is 287 g/mol. The second-order valence-electron chi connectivity index (χ2n) is 4.43. The van der Waals surface area contributed by atoms with Gasteiger partial charge in [0.25, 0.3) is 5.91 Å². The third-order valence-corrected chi connectivity index (χ3v) is 3.73. The van der Waals surface area contributed by atoms with E-state index in [9.17, 15) is 4.79 Å². The van der Waals surface area contributed by atoms with Crippen molar-refractivity contribution in [2.75, 3.05) is 5.73 Å². The largest absolute Gasteiger partial charge is 0.465 e. The van der Waals surface area contributed by atoms with Gasteiger partial charge < -0.3 is 15.5 Å². The fraction of sp³-hybridized carbons (Fsp3) is 0.143. The second-order valence-corrected chi connectivity index (χ2v) is 5.49. The minimum absolute atomic E-state index is 0.145. The van der Waals surface area contributed by atoms with Crippen molar-refractivity contribution >= 4 is 32.6 Å². The van der Waals surface area contributed by atoms with Gasteiger partial charge in [0.15, 0.2) is 5.13 Å². The van der Waals surface area contributed by atoms with Crippen molar-refractivity contribution in [3.8, 4) is 0 Å². The van der Waals surface area contributed by atoms with Gasteiger partial charge in [-0.2, -0.15) is 0 Å². The van der Waals surface area contributed by atoms with Gasteiger partial charge in [-0.15, -0.1) is 0 Å². The molecule has 5 nitrogen and oxygen atoms in total. The maximum Gasteiger partial charge on any atom is 0.251 e. The van der Waals surface area contributed by atoms with Gasteiger partial charge in [0.05, 0.1) is 16.8 Å². The average molecular weight is 287 g/mol. The first kappa shape index (κ1) is 12.7. The predicted molar refractivity (Wildman–Crippen MR) is 78.6 cm³/mol. The summed E-state index contributed by atoms with van der Waals surface area (Å²) < 4.78 is 6.31. The number of rotatable bonds is 3. The van der Waals surface area contributed by atoms with E-state index in [1.54, 1.807) is 18.2 Å². The number of nitrogen functional groups attached to an aromatic ring is 1. The van der Waals surface area contributed by atoms with Crippen LogP contribution in [0, 0.1) is 6.92 Å². The molecular weight excluding hydrogens is 274 g/mol. The van der Waals surface area contributed by atoms with E-state index in [2.05, 4.69) is 10.3 Å². The maximum atomic E-state index is 12.1. The minimum atomic E-state index is -0.145. The molecule has 6 heteroatoms. The van der Waals surface area contributed by atoms with E-state index in [0.717, 1.165) is 21.7 Å². The molecule has 0 radical (unpaired) electrons. The molecule has 3 aromatic rings. The summed E-state index contributed by atoms with van der Waals surface area (Å²) in [6.07, 6.45) is 0. The molecule has 2 aromatic heterocycles. The van der Waals surface area contributed by atoms with Gasteiger partial charge in [0.1, 0.15) is 11.5 Å². The number of nitrogens with two attached hydrogens (primary N) is 1. The molecule has 102 valence electrons. The molecular formula is C14H13N3O2S. The van der Waals surface area contributed by atoms with E-state index in [1.807, 2.05) is 19.1 Å². The summed E-state index contributed by atoms with van der Waals surface area (Å²) in [5.74, 6) is 1.42. The van der Waals surface area contributed by atoms with Crippen LogP contribution < -0.4 is 11.1 Å². The third-order valence-electron chi connectivity index (χ3n) is 2.89. The number of benzene rings is 1. The Bertz CT molecular complexity index is 776. The summed E-state index contributed by atoms with van der Waals surface area (Å²) >= 11 is 1.37. The zero-order valence-electron chi connectivity index (χ0n) is 10.8. The molecule has 0 aliphatic rings. The summed E-state index contributed by atoms with van der Waals surface area (Å²) in [5.41, 5.74) is 7.05. The Hall–Kier alpha value is -2.34. The molecule has 0 aliphatic heterocycles. The van der Waals surface area contributed by atoms with Gasteiger partial charge in [-0.05, 0) is 37.3 Å². The smallest absolute Gasteiger partial charge is 0.251 e. The highest BCUT2D eigenvalue weighted by atomic mass is 32.1. The number of carbonyl (C=O) groups excluding carboxylic acids is 1. The van der Waals surface area contributed by atoms with Crippen LogP contribution >= 0.6 is 11.3 Å². The number of hydrogen-bond donors (Lipinski definition) is 2. The Labute approximate surface area is 119 Å². The zero-order valence-corrected chi connectivity index (χ0v) is 11.7. The van der Waals surface area contributed by atoms with Crippen LogP contribution in [0.15, 0.2) is 34.7 Å². The number of hydrogen-bond acceptors (Lipinski definition) is 5. The molecule has 0 aliphatic carbocycles. The summed E-state index contributed by atoms with van der Waals surface area (Å²) in [7, 11) is 0. The van der Waals surface area contributed by atoms with Gasteiger partial charge in [-0.1, -0.05) is 11.3 Å². The Morgan fingerprint density at radius 3 is 3.00 bits per heavy atom. The molecule has 3 N–H and O–H groups in total. The van der Waals surface area contributed by atoms with E-state index in [-0.39, 0.29) is 5.91 Å². The topological polar surface area (TPSA) is 81.2 Å². The Morgan fingerprint density at radius 1 is 1.40 bits per heavy atom. The number of carbonyl (C=O) groups is 1. The molecule has 0 bridgehead atoms. The Morgan fingerprint density at radius 2 is 2.25 bits per heavy atom. The van der Waals surface area contributed by atoms with Crippen LogP contribution in [0.25, 0.3) is 10.2 Å². The molecule has 0 spiro atoms. The Kier molecular flexibility index (Phi) is 3.15. The van der Waals surface area contributed by atoms with Crippen LogP contribution in [0.2, 0.25) is 0 Å². The van der Waals surface area contributed by atoms with Crippen LogP contribution in [-0.2, 0) is 6.54 Å². The quantitative estimate of drug-likeness (QED) is 0.776. The lowest BCUT2D eigenvalue weighted by Gasteiger charge is -2.03. The van der Waals surface area contributed by atoms with E-state index in [0.29, 0.717) is 17.2 Å². The summed E-state index contributed by atoms with van der Waals surface area (Å²) in [6.45, 7) is 2.24. The van der Waals surface area contributed by atoms with Crippen LogP contribution in [-0.4, -0.2) is 10.9 Å². The highest BCUT2D eigenvalue weighted by Crippen LogP contribution is 2.24. The number of nitrogens with zero attached hydrogens (tertiary/aromatic N) is 1. The lowest BCUT2D eigenvalue weighted by atomic mass is 10.2. The molecule has 0 atom stereocenters. The van der Waals surface area contributed by atoms with E-state index in [4.69, 9.17) is 10.2 Å². The van der Waals surface area contributed by atoms with Gasteiger partial charge in [0, 0.05) is 5.56 Å². The Balaban J connectivity index is 1.74. The number of nitrogens with one attached hydrogen (secondary N) is 1. The molecule has 0 saturated carbocycles. The number of anilines is 1. The fourth-order valence-electron chi connectivity index (χ4n) is 1.93. The fourth-order valence-corrected chi connectivity index (χ4v) is 2.71. The van der Waals surface area contributed by atoms with Crippen molar-refractivity contribution in [3.63, 3.8) is 0 Å². The number of aryl methyl sites for hydroxylation is 1. The molecule has 0 unspecified atom stereocenters. The predicted octanol–water partition coefficient (Wildman–Crippen LogP) is 2.71. The van der Waals surface area contributed by atoms with Gasteiger partial charge in [-0.25, -0.2) is 4.98 Å². The first-order chi connectivity index (χ1) is 9.61. The normalized spacial score (nSPS) is 10.8. The lowest BCUT2D eigenvalue weighted by Crippen LogP contribution is -2.22. The number of furan rings is 1. The van der Waals surface area contributed by atoms with Crippen LogP contribution in [0.3, 0.4) is 0 Å². The van der Waals surface area contributed by atoms with Crippen LogP contribution in [0.4, 0.5) is 5.13 Å². The summed E-state index contributed by atoms with van der Waals surface area (Å²) in [4.78, 5) is 16.2. The average Bonchev–Trinajstić information content (AvgIpc) is 2.99. The van der Waals surface area contributed by atoms with Crippen LogP contribution in [0.1, 0.15) is 21.9 Å². The highest BCUT2D eigenvalue weighted by Gasteiger charge is 2.09. The van der Waals surface area contributed by atoms with Crippen molar-refractivity contribution < 1.29 is 9.21 Å². The molecule has 2 heterocycles. The van der Waals surface area contributed by atoms with Gasteiger partial charge >= 0.3 is 0 Å². The van der Waals surface area contributed by atoms with Crippen molar-refractivity contribution in [2.45, 2.75) is 13.5 Å². The second kappa shape index (κ2) is 4.97. The molecule has 0 fully saturated rings. The van der Waals surface area contributed by atoms with E-state index >= 15 is 0 Å². The van der Waals surface area contributed by atoms with Crippen LogP contribution in [0.5, 0.6) is 0 Å². The highest BCUT2D eigenvalue weighted by molar-refractivity contribution is 7.22. The van der Waals surface area contributed by atoms with Crippen molar-refractivity contribution in [2.24, 2.45) is 0 Å². The maximum absolute atomic E-state index is 12.1. The van der Waals surface area contributed by atoms with E-state index in [1.165, 1.54) is 11.3 Å². The molecule has 1 amide bonds. The minimum Gasteiger partial charge on any atom is -0.465 e. The molecule has 3 rings (SSSR count). The van der Waals surface area contributed by atoms with Crippen molar-refractivity contribution in [1.82, 2.24) is 10.3 Å². The summed E-state index contributed by atoms with van der Waals surface area (Å²) in [6, 6.07) is 9.06. The molecule has 1 aromatic carbocycles. The lowest BCUT2D eigenvalue weighted by molar-refractivity contribution is 0.0948. The van der Waals surface area contributed by atoms with E-state index < -0.39 is 0 Å². The first-order valence-electron chi connectivity index (χ1n) is 6.11. The summed E-state index contributed by atoms with van der Waals surface area (Å²) in [5, 5.41) is 3.32. The van der Waals surface area contributed by atoms with Gasteiger partial charge in [-0.3, -0.25) is 4.79 Å². The number of amides is 1. The third kappa shape index (κ3) is 2.50. The SMILES string of the molecule is Cc1ccc(CNC(=O)c2ccc3nc(N)sc3c2)o1. The molecule has 20 heavy (non-hydrogen) atoms. The van der Waals surface area contributed by atoms with Gasteiger partial charge in [0.2, 0.25) is 0 Å². The standard InChI is InChI=1S/C14H13N3O2S/c1-8-2-4-10(19-8)7-16-13(18)9-3-5-11-12(6-9)20-14(15)17-11/h2-6H,7H2,1H3,(H2,15,17)(H,16,18). The van der Waals surface area contributed by atoms with Crippen molar-refractivity contribution in [3.05, 3.63) is 47.4 Å². The number of aromatic nitrogens is 1. The van der Waals surface area contributed by atoms with Crippen molar-refractivity contribution in [1.29, 1.82) is 0 Å². The first-order valence-corrected chi connectivity index (χ1v) is 6.93. The molecule has 0 saturated heterocycles. The number of thiazole rings is 1.